The van der Waals surface area contributed by atoms with Crippen molar-refractivity contribution >= 4 is 45.3 Å². The first-order valence-corrected chi connectivity index (χ1v) is 10.4. The first kappa shape index (κ1) is 19.7. The van der Waals surface area contributed by atoms with E-state index in [1.54, 1.807) is 23.5 Å². The van der Waals surface area contributed by atoms with Crippen molar-refractivity contribution in [1.29, 1.82) is 0 Å². The van der Waals surface area contributed by atoms with Crippen molar-refractivity contribution in [3.8, 4) is 22.1 Å². The Morgan fingerprint density at radius 2 is 2.15 bits per heavy atom. The Balaban J connectivity index is 1.77. The highest BCUT2D eigenvalue weighted by Gasteiger charge is 2.17. The Morgan fingerprint density at radius 1 is 1.33 bits per heavy atom. The minimum absolute atomic E-state index is 0.308. The molecule has 0 spiro atoms. The van der Waals surface area contributed by atoms with Gasteiger partial charge in [0.15, 0.2) is 16.6 Å². The minimum Gasteiger partial charge on any atom is -0.493 e. The van der Waals surface area contributed by atoms with Crippen LogP contribution in [-0.2, 0) is 0 Å². The maximum Gasteiger partial charge on any atom is 0.257 e. The number of anilines is 1. The van der Waals surface area contributed by atoms with Gasteiger partial charge < -0.3 is 9.47 Å². The minimum atomic E-state index is -0.308. The Labute approximate surface area is 170 Å². The number of ether oxygens (including phenoxy) is 2. The Bertz CT molecular complexity index is 923. The van der Waals surface area contributed by atoms with Crippen molar-refractivity contribution in [3.05, 3.63) is 45.6 Å². The fourth-order valence-corrected chi connectivity index (χ4v) is 4.01. The van der Waals surface area contributed by atoms with Gasteiger partial charge in [-0.05, 0) is 29.5 Å². The fourth-order valence-electron chi connectivity index (χ4n) is 2.28. The SMILES string of the molecule is COc1cc(C(=O)Nc2nc(-c3cccs3)cs2)cc(Cl)c1OCC(C)C. The predicted molar refractivity (Wildman–Crippen MR) is 112 cm³/mol. The van der Waals surface area contributed by atoms with Gasteiger partial charge in [0.25, 0.3) is 5.91 Å². The summed E-state index contributed by atoms with van der Waals surface area (Å²) in [5, 5.41) is 7.57. The van der Waals surface area contributed by atoms with Gasteiger partial charge >= 0.3 is 0 Å². The molecule has 0 radical (unpaired) electrons. The summed E-state index contributed by atoms with van der Waals surface area (Å²) in [6.07, 6.45) is 0. The zero-order valence-corrected chi connectivity index (χ0v) is 17.5. The molecule has 0 saturated heterocycles. The van der Waals surface area contributed by atoms with Gasteiger partial charge in [-0.15, -0.1) is 22.7 Å². The van der Waals surface area contributed by atoms with Gasteiger partial charge in [0.05, 0.1) is 29.3 Å². The van der Waals surface area contributed by atoms with Crippen LogP contribution in [0.5, 0.6) is 11.5 Å². The van der Waals surface area contributed by atoms with Crippen LogP contribution in [0, 0.1) is 5.92 Å². The highest BCUT2D eigenvalue weighted by Crippen LogP contribution is 2.37. The number of nitrogens with zero attached hydrogens (tertiary/aromatic N) is 1. The monoisotopic (exact) mass is 422 g/mol. The van der Waals surface area contributed by atoms with Gasteiger partial charge in [0, 0.05) is 10.9 Å². The molecule has 0 aliphatic carbocycles. The lowest BCUT2D eigenvalue weighted by Crippen LogP contribution is -2.13. The van der Waals surface area contributed by atoms with E-state index in [0.717, 1.165) is 10.6 Å². The molecule has 142 valence electrons. The number of aromatic nitrogens is 1. The number of thiazole rings is 1. The maximum absolute atomic E-state index is 12.6. The molecule has 5 nitrogen and oxygen atoms in total. The molecule has 2 heterocycles. The van der Waals surface area contributed by atoms with Gasteiger partial charge in [-0.3, -0.25) is 10.1 Å². The average molecular weight is 423 g/mol. The molecule has 8 heteroatoms. The molecule has 1 aromatic carbocycles. The number of nitrogens with one attached hydrogen (secondary N) is 1. The summed E-state index contributed by atoms with van der Waals surface area (Å²) in [4.78, 5) is 18.1. The zero-order valence-electron chi connectivity index (χ0n) is 15.1. The van der Waals surface area contributed by atoms with Crippen LogP contribution in [0.1, 0.15) is 24.2 Å². The zero-order chi connectivity index (χ0) is 19.4. The van der Waals surface area contributed by atoms with Crippen LogP contribution in [0.3, 0.4) is 0 Å². The first-order chi connectivity index (χ1) is 13.0. The van der Waals surface area contributed by atoms with Crippen molar-refractivity contribution < 1.29 is 14.3 Å². The number of carbonyl (C=O) groups excluding carboxylic acids is 1. The molecular weight excluding hydrogens is 404 g/mol. The summed E-state index contributed by atoms with van der Waals surface area (Å²) >= 11 is 9.30. The Morgan fingerprint density at radius 3 is 2.81 bits per heavy atom. The van der Waals surface area contributed by atoms with Crippen LogP contribution in [-0.4, -0.2) is 24.6 Å². The number of methoxy groups -OCH3 is 1. The second-order valence-corrected chi connectivity index (χ2v) is 8.38. The molecule has 1 amide bonds. The molecule has 0 aliphatic heterocycles. The van der Waals surface area contributed by atoms with E-state index in [-0.39, 0.29) is 5.91 Å². The first-order valence-electron chi connectivity index (χ1n) is 8.29. The molecule has 0 atom stereocenters. The molecule has 27 heavy (non-hydrogen) atoms. The fraction of sp³-hybridized carbons (Fsp3) is 0.263. The number of rotatable bonds is 7. The Hall–Kier alpha value is -2.09. The van der Waals surface area contributed by atoms with E-state index in [1.165, 1.54) is 18.4 Å². The molecule has 0 fully saturated rings. The van der Waals surface area contributed by atoms with Gasteiger partial charge in [0.2, 0.25) is 0 Å². The number of hydrogen-bond acceptors (Lipinski definition) is 6. The Kier molecular flexibility index (Phi) is 6.36. The lowest BCUT2D eigenvalue weighted by Gasteiger charge is -2.15. The highest BCUT2D eigenvalue weighted by atomic mass is 35.5. The molecule has 3 aromatic rings. The van der Waals surface area contributed by atoms with Gasteiger partial charge in [0.1, 0.15) is 0 Å². The van der Waals surface area contributed by atoms with E-state index in [9.17, 15) is 4.79 Å². The van der Waals surface area contributed by atoms with Gasteiger partial charge in [-0.1, -0.05) is 31.5 Å². The molecule has 0 bridgehead atoms. The van der Waals surface area contributed by atoms with Crippen molar-refractivity contribution in [2.24, 2.45) is 5.92 Å². The van der Waals surface area contributed by atoms with Crippen LogP contribution < -0.4 is 14.8 Å². The van der Waals surface area contributed by atoms with Crippen LogP contribution in [0.2, 0.25) is 5.02 Å². The molecule has 2 aromatic heterocycles. The van der Waals surface area contributed by atoms with E-state index in [1.807, 2.05) is 36.7 Å². The summed E-state index contributed by atoms with van der Waals surface area (Å²) in [5.74, 6) is 0.902. The summed E-state index contributed by atoms with van der Waals surface area (Å²) in [6, 6.07) is 7.15. The standard InChI is InChI=1S/C19H19ClN2O3S2/c1-11(2)9-25-17-13(20)7-12(8-15(17)24-3)18(23)22-19-21-14(10-27-19)16-5-4-6-26-16/h4-8,10-11H,9H2,1-3H3,(H,21,22,23). The summed E-state index contributed by atoms with van der Waals surface area (Å²) in [5.41, 5.74) is 1.22. The van der Waals surface area contributed by atoms with E-state index in [2.05, 4.69) is 10.3 Å². The third kappa shape index (κ3) is 4.80. The molecule has 3 rings (SSSR count). The summed E-state index contributed by atoms with van der Waals surface area (Å²) in [6.45, 7) is 4.59. The van der Waals surface area contributed by atoms with Crippen molar-refractivity contribution in [2.75, 3.05) is 19.0 Å². The number of halogens is 1. The second-order valence-electron chi connectivity index (χ2n) is 6.16. The van der Waals surface area contributed by atoms with Crippen LogP contribution in [0.25, 0.3) is 10.6 Å². The van der Waals surface area contributed by atoms with Crippen LogP contribution >= 0.6 is 34.3 Å². The second kappa shape index (κ2) is 8.73. The predicted octanol–water partition coefficient (Wildman–Crippen LogP) is 5.82. The maximum atomic E-state index is 12.6. The number of hydrogen-bond donors (Lipinski definition) is 1. The van der Waals surface area contributed by atoms with E-state index >= 15 is 0 Å². The van der Waals surface area contributed by atoms with E-state index in [4.69, 9.17) is 21.1 Å². The molecule has 0 unspecified atom stereocenters. The van der Waals surface area contributed by atoms with Crippen molar-refractivity contribution in [3.63, 3.8) is 0 Å². The quantitative estimate of drug-likeness (QED) is 0.521. The largest absolute Gasteiger partial charge is 0.493 e. The van der Waals surface area contributed by atoms with Gasteiger partial charge in [-0.25, -0.2) is 4.98 Å². The highest BCUT2D eigenvalue weighted by molar-refractivity contribution is 7.16. The lowest BCUT2D eigenvalue weighted by atomic mass is 10.2. The van der Waals surface area contributed by atoms with Crippen LogP contribution in [0.4, 0.5) is 5.13 Å². The van der Waals surface area contributed by atoms with E-state index in [0.29, 0.717) is 39.7 Å². The lowest BCUT2D eigenvalue weighted by molar-refractivity contribution is 0.102. The molecule has 0 saturated carbocycles. The van der Waals surface area contributed by atoms with Crippen molar-refractivity contribution in [1.82, 2.24) is 4.98 Å². The normalized spacial score (nSPS) is 10.9. The summed E-state index contributed by atoms with van der Waals surface area (Å²) in [7, 11) is 1.52. The number of benzene rings is 1. The van der Waals surface area contributed by atoms with Crippen LogP contribution in [0.15, 0.2) is 35.0 Å². The number of thiophene rings is 1. The van der Waals surface area contributed by atoms with Crippen molar-refractivity contribution in [2.45, 2.75) is 13.8 Å². The number of amides is 1. The molecule has 0 aliphatic rings. The third-order valence-electron chi connectivity index (χ3n) is 3.55. The topological polar surface area (TPSA) is 60.5 Å². The molecular formula is C19H19ClN2O3S2. The smallest absolute Gasteiger partial charge is 0.257 e. The summed E-state index contributed by atoms with van der Waals surface area (Å²) < 4.78 is 11.1. The third-order valence-corrected chi connectivity index (χ3v) is 5.48. The average Bonchev–Trinajstić information content (AvgIpc) is 3.31. The molecule has 1 N–H and O–H groups in total. The van der Waals surface area contributed by atoms with E-state index < -0.39 is 0 Å². The number of carbonyl (C=O) groups is 1. The van der Waals surface area contributed by atoms with Gasteiger partial charge in [-0.2, -0.15) is 0 Å².